The lowest BCUT2D eigenvalue weighted by Gasteiger charge is -2.03. The van der Waals surface area contributed by atoms with Gasteiger partial charge >= 0.3 is 0 Å². The third-order valence-corrected chi connectivity index (χ3v) is 2.11. The molecule has 0 atom stereocenters. The van der Waals surface area contributed by atoms with Gasteiger partial charge in [0.05, 0.1) is 13.3 Å². The van der Waals surface area contributed by atoms with Gasteiger partial charge < -0.3 is 10.1 Å². The van der Waals surface area contributed by atoms with E-state index < -0.39 is 0 Å². The minimum absolute atomic E-state index is 0.256. The van der Waals surface area contributed by atoms with Gasteiger partial charge in [-0.3, -0.25) is 4.79 Å². The number of ether oxygens (including phenoxy) is 1. The zero-order chi connectivity index (χ0) is 12.1. The molecule has 2 heterocycles. The second kappa shape index (κ2) is 5.06. The molecule has 1 amide bonds. The summed E-state index contributed by atoms with van der Waals surface area (Å²) in [5.74, 6) is 0.256. The highest BCUT2D eigenvalue weighted by atomic mass is 16.5. The van der Waals surface area contributed by atoms with Crippen LogP contribution < -0.4 is 10.1 Å². The van der Waals surface area contributed by atoms with Crippen molar-refractivity contribution in [3.8, 4) is 5.88 Å². The maximum Gasteiger partial charge on any atom is 0.273 e. The van der Waals surface area contributed by atoms with Gasteiger partial charge in [0.25, 0.3) is 5.91 Å². The van der Waals surface area contributed by atoms with E-state index in [4.69, 9.17) is 4.74 Å². The number of aromatic nitrogens is 4. The molecule has 2 rings (SSSR count). The summed E-state index contributed by atoms with van der Waals surface area (Å²) in [6.45, 7) is 0.378. The normalized spacial score (nSPS) is 9.94. The Kier molecular flexibility index (Phi) is 3.29. The summed E-state index contributed by atoms with van der Waals surface area (Å²) in [4.78, 5) is 15.6. The average Bonchev–Trinajstić information content (AvgIpc) is 2.90. The van der Waals surface area contributed by atoms with E-state index in [-0.39, 0.29) is 11.6 Å². The molecule has 2 aromatic heterocycles. The van der Waals surface area contributed by atoms with Gasteiger partial charge in [0, 0.05) is 18.8 Å². The van der Waals surface area contributed by atoms with Crippen molar-refractivity contribution in [2.45, 2.75) is 6.54 Å². The maximum absolute atomic E-state index is 11.5. The molecule has 17 heavy (non-hydrogen) atoms. The van der Waals surface area contributed by atoms with Crippen molar-refractivity contribution >= 4 is 5.91 Å². The van der Waals surface area contributed by atoms with Gasteiger partial charge in [-0.15, -0.1) is 0 Å². The van der Waals surface area contributed by atoms with E-state index in [9.17, 15) is 4.79 Å². The minimum Gasteiger partial charge on any atom is -0.481 e. The Hall–Kier alpha value is -2.44. The van der Waals surface area contributed by atoms with Crippen molar-refractivity contribution in [1.82, 2.24) is 25.7 Å². The molecule has 0 radical (unpaired) electrons. The number of hydrogen-bond donors (Lipinski definition) is 2. The Morgan fingerprint density at radius 1 is 1.47 bits per heavy atom. The predicted octanol–water partition coefficient (Wildman–Crippen LogP) is 0.138. The molecule has 7 heteroatoms. The number of amides is 1. The molecule has 0 aliphatic carbocycles. The molecule has 0 aromatic carbocycles. The number of nitrogens with zero attached hydrogens (tertiary/aromatic N) is 3. The van der Waals surface area contributed by atoms with Crippen molar-refractivity contribution < 1.29 is 9.53 Å². The lowest BCUT2D eigenvalue weighted by atomic mass is 10.3. The smallest absolute Gasteiger partial charge is 0.273 e. The number of pyridine rings is 1. The highest BCUT2D eigenvalue weighted by molar-refractivity contribution is 5.91. The van der Waals surface area contributed by atoms with Crippen molar-refractivity contribution in [1.29, 1.82) is 0 Å². The highest BCUT2D eigenvalue weighted by Crippen LogP contribution is 2.06. The number of H-pyrrole nitrogens is 1. The number of nitrogens with one attached hydrogen (secondary N) is 2. The van der Waals surface area contributed by atoms with Gasteiger partial charge in [0.1, 0.15) is 0 Å². The van der Waals surface area contributed by atoms with Crippen LogP contribution in [0.2, 0.25) is 0 Å². The largest absolute Gasteiger partial charge is 0.481 e. The number of carbonyl (C=O) groups is 1. The summed E-state index contributed by atoms with van der Waals surface area (Å²) in [7, 11) is 1.55. The van der Waals surface area contributed by atoms with Gasteiger partial charge in [-0.25, -0.2) is 4.98 Å². The third-order valence-electron chi connectivity index (χ3n) is 2.11. The SMILES string of the molecule is COc1ccc(CNC(=O)c2cn[nH]n2)cn1. The third kappa shape index (κ3) is 2.77. The van der Waals surface area contributed by atoms with Crippen LogP contribution >= 0.6 is 0 Å². The molecule has 2 aromatic rings. The Morgan fingerprint density at radius 2 is 2.35 bits per heavy atom. The summed E-state index contributed by atoms with van der Waals surface area (Å²) in [6, 6.07) is 3.56. The van der Waals surface area contributed by atoms with Crippen LogP contribution in [0.3, 0.4) is 0 Å². The molecule has 0 aliphatic heterocycles. The summed E-state index contributed by atoms with van der Waals surface area (Å²) in [6.07, 6.45) is 3.00. The number of carbonyl (C=O) groups excluding carboxylic acids is 1. The molecule has 0 unspecified atom stereocenters. The number of methoxy groups -OCH3 is 1. The van der Waals surface area contributed by atoms with Crippen LogP contribution in [0.4, 0.5) is 0 Å². The van der Waals surface area contributed by atoms with Crippen LogP contribution in [0.5, 0.6) is 5.88 Å². The topological polar surface area (TPSA) is 92.8 Å². The molecule has 7 nitrogen and oxygen atoms in total. The lowest BCUT2D eigenvalue weighted by molar-refractivity contribution is 0.0946. The molecule has 0 saturated heterocycles. The summed E-state index contributed by atoms with van der Waals surface area (Å²) < 4.78 is 4.93. The van der Waals surface area contributed by atoms with Crippen molar-refractivity contribution in [2.24, 2.45) is 0 Å². The molecule has 0 saturated carbocycles. The van der Waals surface area contributed by atoms with Crippen LogP contribution in [0.15, 0.2) is 24.5 Å². The number of rotatable bonds is 4. The standard InChI is InChI=1S/C10H11N5O2/c1-17-9-3-2-7(4-11-9)5-12-10(16)8-6-13-15-14-8/h2-4,6H,5H2,1H3,(H,12,16)(H,13,14,15). The van der Waals surface area contributed by atoms with Crippen molar-refractivity contribution in [3.63, 3.8) is 0 Å². The molecule has 0 aliphatic rings. The van der Waals surface area contributed by atoms with Gasteiger partial charge in [-0.2, -0.15) is 15.4 Å². The second-order valence-electron chi connectivity index (χ2n) is 3.25. The van der Waals surface area contributed by atoms with Crippen molar-refractivity contribution in [3.05, 3.63) is 35.8 Å². The molecule has 0 spiro atoms. The molecule has 2 N–H and O–H groups in total. The summed E-state index contributed by atoms with van der Waals surface area (Å²) >= 11 is 0. The summed E-state index contributed by atoms with van der Waals surface area (Å²) in [5.41, 5.74) is 1.13. The van der Waals surface area contributed by atoms with Crippen LogP contribution in [-0.2, 0) is 6.54 Å². The fourth-order valence-corrected chi connectivity index (χ4v) is 1.22. The van der Waals surface area contributed by atoms with Gasteiger partial charge in [-0.1, -0.05) is 6.07 Å². The second-order valence-corrected chi connectivity index (χ2v) is 3.25. The Morgan fingerprint density at radius 3 is 2.94 bits per heavy atom. The van der Waals surface area contributed by atoms with E-state index in [1.54, 1.807) is 19.4 Å². The zero-order valence-corrected chi connectivity index (χ0v) is 9.17. The van der Waals surface area contributed by atoms with Crippen LogP contribution in [0, 0.1) is 0 Å². The average molecular weight is 233 g/mol. The molecular formula is C10H11N5O2. The first-order valence-electron chi connectivity index (χ1n) is 4.92. The van der Waals surface area contributed by atoms with Crippen molar-refractivity contribution in [2.75, 3.05) is 7.11 Å². The van der Waals surface area contributed by atoms with E-state index >= 15 is 0 Å². The first-order chi connectivity index (χ1) is 8.29. The monoisotopic (exact) mass is 233 g/mol. The van der Waals surface area contributed by atoms with E-state index in [1.807, 2.05) is 6.07 Å². The Balaban J connectivity index is 1.91. The van der Waals surface area contributed by atoms with Crippen LogP contribution in [-0.4, -0.2) is 33.4 Å². The van der Waals surface area contributed by atoms with E-state index in [2.05, 4.69) is 25.7 Å². The highest BCUT2D eigenvalue weighted by Gasteiger charge is 2.07. The van der Waals surface area contributed by atoms with E-state index in [0.29, 0.717) is 12.4 Å². The van der Waals surface area contributed by atoms with Gasteiger partial charge in [-0.05, 0) is 5.56 Å². The Bertz CT molecular complexity index is 480. The number of aromatic amines is 1. The van der Waals surface area contributed by atoms with Crippen LogP contribution in [0.25, 0.3) is 0 Å². The first kappa shape index (κ1) is 11.1. The van der Waals surface area contributed by atoms with E-state index in [1.165, 1.54) is 6.20 Å². The molecular weight excluding hydrogens is 222 g/mol. The van der Waals surface area contributed by atoms with Gasteiger partial charge in [0.2, 0.25) is 5.88 Å². The maximum atomic E-state index is 11.5. The summed E-state index contributed by atoms with van der Waals surface area (Å²) in [5, 5.41) is 12.3. The lowest BCUT2D eigenvalue weighted by Crippen LogP contribution is -2.23. The molecule has 88 valence electrons. The van der Waals surface area contributed by atoms with E-state index in [0.717, 1.165) is 5.56 Å². The fraction of sp³-hybridized carbons (Fsp3) is 0.200. The molecule has 0 bridgehead atoms. The van der Waals surface area contributed by atoms with Gasteiger partial charge in [0.15, 0.2) is 5.69 Å². The predicted molar refractivity (Wildman–Crippen MR) is 58.3 cm³/mol. The fourth-order valence-electron chi connectivity index (χ4n) is 1.22. The van der Waals surface area contributed by atoms with Crippen LogP contribution in [0.1, 0.15) is 16.1 Å². The number of hydrogen-bond acceptors (Lipinski definition) is 5. The quantitative estimate of drug-likeness (QED) is 0.783. The molecule has 0 fully saturated rings. The zero-order valence-electron chi connectivity index (χ0n) is 9.17. The Labute approximate surface area is 97.2 Å². The first-order valence-corrected chi connectivity index (χ1v) is 4.92. The minimum atomic E-state index is -0.283.